The molecule has 22 heavy (non-hydrogen) atoms. The van der Waals surface area contributed by atoms with Crippen molar-refractivity contribution in [1.82, 2.24) is 5.32 Å². The maximum atomic E-state index is 11.6. The van der Waals surface area contributed by atoms with Crippen LogP contribution < -0.4 is 20.5 Å². The molecular formula is C16H27ClN2O3. The molecule has 0 saturated carbocycles. The van der Waals surface area contributed by atoms with Gasteiger partial charge in [0, 0.05) is 0 Å². The summed E-state index contributed by atoms with van der Waals surface area (Å²) >= 11 is 0. The predicted octanol–water partition coefficient (Wildman–Crippen LogP) is 2.68. The normalized spacial score (nSPS) is 11.5. The molecule has 0 radical (unpaired) electrons. The van der Waals surface area contributed by atoms with Crippen LogP contribution in [0.1, 0.15) is 39.3 Å². The standard InChI is InChI=1S/C16H26N2O3.ClH/c1-5-20-13-8-7-12(9-14(13)21-6-2)16(11(3)4)18-15(19)10-17;/h7-9,11,16H,5-6,10,17H2,1-4H3,(H,18,19);1H. The Morgan fingerprint density at radius 3 is 2.27 bits per heavy atom. The first kappa shape index (κ1) is 20.5. The van der Waals surface area contributed by atoms with Gasteiger partial charge < -0.3 is 20.5 Å². The zero-order valence-corrected chi connectivity index (χ0v) is 14.5. The van der Waals surface area contributed by atoms with Crippen molar-refractivity contribution in [2.24, 2.45) is 11.7 Å². The van der Waals surface area contributed by atoms with E-state index in [0.29, 0.717) is 19.0 Å². The van der Waals surface area contributed by atoms with Gasteiger partial charge in [0.1, 0.15) is 0 Å². The number of nitrogens with two attached hydrogens (primary N) is 1. The van der Waals surface area contributed by atoms with Crippen molar-refractivity contribution in [3.05, 3.63) is 23.8 Å². The lowest BCUT2D eigenvalue weighted by Crippen LogP contribution is -2.36. The van der Waals surface area contributed by atoms with Gasteiger partial charge in [-0.3, -0.25) is 4.79 Å². The second-order valence-electron chi connectivity index (χ2n) is 5.07. The summed E-state index contributed by atoms with van der Waals surface area (Å²) in [4.78, 5) is 11.6. The maximum Gasteiger partial charge on any atom is 0.234 e. The second kappa shape index (κ2) is 10.3. The highest BCUT2D eigenvalue weighted by Gasteiger charge is 2.19. The zero-order chi connectivity index (χ0) is 15.8. The number of ether oxygens (including phenoxy) is 2. The third kappa shape index (κ3) is 5.73. The van der Waals surface area contributed by atoms with Gasteiger partial charge in [-0.2, -0.15) is 0 Å². The monoisotopic (exact) mass is 330 g/mol. The summed E-state index contributed by atoms with van der Waals surface area (Å²) in [6, 6.07) is 5.66. The van der Waals surface area contributed by atoms with E-state index in [9.17, 15) is 4.79 Å². The molecule has 0 aliphatic carbocycles. The molecule has 1 atom stereocenters. The highest BCUT2D eigenvalue weighted by atomic mass is 35.5. The molecule has 5 nitrogen and oxygen atoms in total. The van der Waals surface area contributed by atoms with Crippen molar-refractivity contribution in [3.63, 3.8) is 0 Å². The summed E-state index contributed by atoms with van der Waals surface area (Å²) in [6.07, 6.45) is 0. The maximum absolute atomic E-state index is 11.6. The number of halogens is 1. The number of hydrogen-bond acceptors (Lipinski definition) is 4. The molecule has 0 saturated heterocycles. The smallest absolute Gasteiger partial charge is 0.234 e. The van der Waals surface area contributed by atoms with Crippen molar-refractivity contribution in [3.8, 4) is 11.5 Å². The molecule has 0 bridgehead atoms. The molecule has 0 fully saturated rings. The minimum Gasteiger partial charge on any atom is -0.490 e. The third-order valence-corrected chi connectivity index (χ3v) is 3.10. The van der Waals surface area contributed by atoms with Crippen LogP contribution in [-0.4, -0.2) is 25.7 Å². The van der Waals surface area contributed by atoms with E-state index < -0.39 is 0 Å². The molecule has 0 heterocycles. The van der Waals surface area contributed by atoms with E-state index in [2.05, 4.69) is 19.2 Å². The van der Waals surface area contributed by atoms with Crippen LogP contribution in [0.25, 0.3) is 0 Å². The van der Waals surface area contributed by atoms with Crippen LogP contribution in [-0.2, 0) is 4.79 Å². The molecular weight excluding hydrogens is 304 g/mol. The lowest BCUT2D eigenvalue weighted by Gasteiger charge is -2.24. The summed E-state index contributed by atoms with van der Waals surface area (Å²) < 4.78 is 11.2. The summed E-state index contributed by atoms with van der Waals surface area (Å²) in [7, 11) is 0. The van der Waals surface area contributed by atoms with Gasteiger partial charge in [-0.15, -0.1) is 12.4 Å². The molecule has 0 aliphatic rings. The average Bonchev–Trinajstić information content (AvgIpc) is 2.46. The first-order chi connectivity index (χ1) is 10.0. The number of carbonyl (C=O) groups is 1. The molecule has 6 heteroatoms. The van der Waals surface area contributed by atoms with Gasteiger partial charge in [-0.25, -0.2) is 0 Å². The number of carbonyl (C=O) groups excluding carboxylic acids is 1. The van der Waals surface area contributed by atoms with Crippen molar-refractivity contribution in [2.75, 3.05) is 19.8 Å². The van der Waals surface area contributed by atoms with E-state index in [-0.39, 0.29) is 36.8 Å². The highest BCUT2D eigenvalue weighted by Crippen LogP contribution is 2.32. The third-order valence-electron chi connectivity index (χ3n) is 3.10. The lowest BCUT2D eigenvalue weighted by atomic mass is 9.95. The van der Waals surface area contributed by atoms with E-state index in [1.165, 1.54) is 0 Å². The Hall–Kier alpha value is -1.46. The summed E-state index contributed by atoms with van der Waals surface area (Å²) in [6.45, 7) is 9.09. The molecule has 126 valence electrons. The Bertz CT molecular complexity index is 467. The van der Waals surface area contributed by atoms with Crippen LogP contribution in [0.5, 0.6) is 11.5 Å². The van der Waals surface area contributed by atoms with Crippen LogP contribution in [0.2, 0.25) is 0 Å². The first-order valence-electron chi connectivity index (χ1n) is 7.42. The van der Waals surface area contributed by atoms with Gasteiger partial charge in [0.2, 0.25) is 5.91 Å². The minimum absolute atomic E-state index is 0. The summed E-state index contributed by atoms with van der Waals surface area (Å²) in [5.41, 5.74) is 6.37. The Balaban J connectivity index is 0.00000441. The van der Waals surface area contributed by atoms with Crippen LogP contribution >= 0.6 is 12.4 Å². The molecule has 1 aromatic rings. The zero-order valence-electron chi connectivity index (χ0n) is 13.7. The van der Waals surface area contributed by atoms with Gasteiger partial charge in [0.25, 0.3) is 0 Å². The van der Waals surface area contributed by atoms with E-state index in [1.807, 2.05) is 32.0 Å². The fourth-order valence-electron chi connectivity index (χ4n) is 2.13. The fourth-order valence-corrected chi connectivity index (χ4v) is 2.13. The number of hydrogen-bond donors (Lipinski definition) is 2. The molecule has 3 N–H and O–H groups in total. The van der Waals surface area contributed by atoms with Crippen LogP contribution in [0.4, 0.5) is 0 Å². The van der Waals surface area contributed by atoms with Gasteiger partial charge in [0.05, 0.1) is 25.8 Å². The number of rotatable bonds is 8. The van der Waals surface area contributed by atoms with Crippen LogP contribution in [0.3, 0.4) is 0 Å². The fraction of sp³-hybridized carbons (Fsp3) is 0.562. The van der Waals surface area contributed by atoms with Gasteiger partial charge in [-0.1, -0.05) is 19.9 Å². The highest BCUT2D eigenvalue weighted by molar-refractivity contribution is 5.85. The van der Waals surface area contributed by atoms with Gasteiger partial charge >= 0.3 is 0 Å². The number of amides is 1. The minimum atomic E-state index is -0.166. The Morgan fingerprint density at radius 1 is 1.18 bits per heavy atom. The van der Waals surface area contributed by atoms with E-state index in [4.69, 9.17) is 15.2 Å². The van der Waals surface area contributed by atoms with E-state index >= 15 is 0 Å². The van der Waals surface area contributed by atoms with Crippen LogP contribution in [0, 0.1) is 5.92 Å². The van der Waals surface area contributed by atoms with Crippen molar-refractivity contribution < 1.29 is 14.3 Å². The first-order valence-corrected chi connectivity index (χ1v) is 7.42. The topological polar surface area (TPSA) is 73.6 Å². The lowest BCUT2D eigenvalue weighted by molar-refractivity contribution is -0.120. The van der Waals surface area contributed by atoms with Crippen LogP contribution in [0.15, 0.2) is 18.2 Å². The Kier molecular flexibility index (Phi) is 9.61. The van der Waals surface area contributed by atoms with Crippen molar-refractivity contribution in [2.45, 2.75) is 33.7 Å². The molecule has 0 aliphatic heterocycles. The molecule has 0 spiro atoms. The number of nitrogens with one attached hydrogen (secondary N) is 1. The van der Waals surface area contributed by atoms with E-state index in [0.717, 1.165) is 11.3 Å². The largest absolute Gasteiger partial charge is 0.490 e. The molecule has 1 aromatic carbocycles. The number of benzene rings is 1. The summed E-state index contributed by atoms with van der Waals surface area (Å²) in [5.74, 6) is 1.49. The Labute approximate surface area is 139 Å². The van der Waals surface area contributed by atoms with Gasteiger partial charge in [0.15, 0.2) is 11.5 Å². The van der Waals surface area contributed by atoms with Crippen molar-refractivity contribution >= 4 is 18.3 Å². The second-order valence-corrected chi connectivity index (χ2v) is 5.07. The molecule has 0 aromatic heterocycles. The Morgan fingerprint density at radius 2 is 1.77 bits per heavy atom. The molecule has 1 rings (SSSR count). The molecule has 1 unspecified atom stereocenters. The molecule has 1 amide bonds. The van der Waals surface area contributed by atoms with Crippen molar-refractivity contribution in [1.29, 1.82) is 0 Å². The average molecular weight is 331 g/mol. The SMILES string of the molecule is CCOc1ccc(C(NC(=O)CN)C(C)C)cc1OCC.Cl. The predicted molar refractivity (Wildman–Crippen MR) is 90.8 cm³/mol. The van der Waals surface area contributed by atoms with E-state index in [1.54, 1.807) is 0 Å². The quantitative estimate of drug-likeness (QED) is 0.768. The van der Waals surface area contributed by atoms with Gasteiger partial charge in [-0.05, 0) is 37.5 Å². The summed E-state index contributed by atoms with van der Waals surface area (Å²) in [5, 5.41) is 2.94.